The molecule has 0 saturated heterocycles. The van der Waals surface area contributed by atoms with Crippen LogP contribution in [0.1, 0.15) is 10.4 Å². The van der Waals surface area contributed by atoms with Crippen LogP contribution in [-0.2, 0) is 9.53 Å². The fraction of sp³-hybridized carbons (Fsp3) is 0.118. The second-order valence-electron chi connectivity index (χ2n) is 4.56. The van der Waals surface area contributed by atoms with Crippen molar-refractivity contribution in [3.8, 4) is 6.07 Å². The summed E-state index contributed by atoms with van der Waals surface area (Å²) in [6, 6.07) is 16.8. The van der Waals surface area contributed by atoms with E-state index in [1.165, 1.54) is 17.0 Å². The minimum Gasteiger partial charge on any atom is -0.452 e. The number of nitriles is 1. The SMILES string of the molecule is N#CCN(C(=O)COC(=O)c1ccc(Cl)cc1)c1ccccc1. The largest absolute Gasteiger partial charge is 0.452 e. The van der Waals surface area contributed by atoms with Crippen molar-refractivity contribution in [2.24, 2.45) is 0 Å². The molecule has 23 heavy (non-hydrogen) atoms. The van der Waals surface area contributed by atoms with E-state index in [-0.39, 0.29) is 6.54 Å². The number of anilines is 1. The molecule has 0 aliphatic rings. The van der Waals surface area contributed by atoms with E-state index in [1.807, 2.05) is 6.07 Å². The molecule has 0 aliphatic heterocycles. The molecule has 2 aromatic carbocycles. The summed E-state index contributed by atoms with van der Waals surface area (Å²) in [6.07, 6.45) is 0. The van der Waals surface area contributed by atoms with Crippen LogP contribution in [0.5, 0.6) is 0 Å². The van der Waals surface area contributed by atoms with Gasteiger partial charge in [-0.3, -0.25) is 9.69 Å². The van der Waals surface area contributed by atoms with Crippen LogP contribution in [0.4, 0.5) is 5.69 Å². The normalized spacial score (nSPS) is 9.74. The van der Waals surface area contributed by atoms with E-state index >= 15 is 0 Å². The predicted molar refractivity (Wildman–Crippen MR) is 86.1 cm³/mol. The molecule has 1 amide bonds. The zero-order valence-electron chi connectivity index (χ0n) is 12.1. The zero-order valence-corrected chi connectivity index (χ0v) is 12.9. The molecule has 5 nitrogen and oxygen atoms in total. The molecule has 0 unspecified atom stereocenters. The number of rotatable bonds is 5. The van der Waals surface area contributed by atoms with Gasteiger partial charge in [0.2, 0.25) is 0 Å². The van der Waals surface area contributed by atoms with Gasteiger partial charge in [0.05, 0.1) is 11.6 Å². The van der Waals surface area contributed by atoms with Gasteiger partial charge in [0, 0.05) is 10.7 Å². The Morgan fingerprint density at radius 1 is 1.09 bits per heavy atom. The monoisotopic (exact) mass is 328 g/mol. The quantitative estimate of drug-likeness (QED) is 0.624. The molecule has 0 radical (unpaired) electrons. The highest BCUT2D eigenvalue weighted by molar-refractivity contribution is 6.30. The Labute approximate surface area is 138 Å². The van der Waals surface area contributed by atoms with E-state index < -0.39 is 18.5 Å². The number of carbonyl (C=O) groups is 2. The van der Waals surface area contributed by atoms with Gasteiger partial charge in [-0.2, -0.15) is 5.26 Å². The lowest BCUT2D eigenvalue weighted by Gasteiger charge is -2.19. The number of carbonyl (C=O) groups excluding carboxylic acids is 2. The lowest BCUT2D eigenvalue weighted by atomic mass is 10.2. The lowest BCUT2D eigenvalue weighted by Crippen LogP contribution is -2.35. The molecular weight excluding hydrogens is 316 g/mol. The maximum atomic E-state index is 12.2. The van der Waals surface area contributed by atoms with Crippen molar-refractivity contribution in [2.45, 2.75) is 0 Å². The van der Waals surface area contributed by atoms with Gasteiger partial charge in [0.1, 0.15) is 6.54 Å². The molecule has 2 rings (SSSR count). The Morgan fingerprint density at radius 3 is 2.35 bits per heavy atom. The van der Waals surface area contributed by atoms with Crippen molar-refractivity contribution in [3.63, 3.8) is 0 Å². The molecule has 2 aromatic rings. The molecule has 0 heterocycles. The van der Waals surface area contributed by atoms with Gasteiger partial charge in [-0.15, -0.1) is 0 Å². The first-order chi connectivity index (χ1) is 11.1. The van der Waals surface area contributed by atoms with Gasteiger partial charge < -0.3 is 4.74 Å². The van der Waals surface area contributed by atoms with Gasteiger partial charge in [-0.1, -0.05) is 29.8 Å². The fourth-order valence-corrected chi connectivity index (χ4v) is 2.00. The number of hydrogen-bond donors (Lipinski definition) is 0. The van der Waals surface area contributed by atoms with Crippen LogP contribution in [0.2, 0.25) is 5.02 Å². The number of amides is 1. The Balaban J connectivity index is 2.01. The average Bonchev–Trinajstić information content (AvgIpc) is 2.58. The molecule has 0 bridgehead atoms. The number of nitrogens with zero attached hydrogens (tertiary/aromatic N) is 2. The summed E-state index contributed by atoms with van der Waals surface area (Å²) in [5.41, 5.74) is 0.871. The van der Waals surface area contributed by atoms with E-state index in [9.17, 15) is 9.59 Å². The Bertz CT molecular complexity index is 724. The van der Waals surface area contributed by atoms with Crippen molar-refractivity contribution in [1.29, 1.82) is 5.26 Å². The maximum Gasteiger partial charge on any atom is 0.338 e. The molecule has 116 valence electrons. The van der Waals surface area contributed by atoms with Crippen LogP contribution < -0.4 is 4.90 Å². The molecular formula is C17H13ClN2O3. The van der Waals surface area contributed by atoms with Crippen molar-refractivity contribution in [2.75, 3.05) is 18.1 Å². The molecule has 0 aromatic heterocycles. The van der Waals surface area contributed by atoms with E-state index in [2.05, 4.69) is 0 Å². The summed E-state index contributed by atoms with van der Waals surface area (Å²) in [4.78, 5) is 25.3. The highest BCUT2D eigenvalue weighted by Crippen LogP contribution is 2.14. The van der Waals surface area contributed by atoms with Crippen LogP contribution in [0, 0.1) is 11.3 Å². The fourth-order valence-electron chi connectivity index (χ4n) is 1.88. The minimum absolute atomic E-state index is 0.124. The van der Waals surface area contributed by atoms with Crippen LogP contribution in [0.15, 0.2) is 54.6 Å². The number of halogens is 1. The first kappa shape index (κ1) is 16.5. The highest BCUT2D eigenvalue weighted by Gasteiger charge is 2.17. The summed E-state index contributed by atoms with van der Waals surface area (Å²) in [5.74, 6) is -1.10. The second kappa shape index (κ2) is 7.97. The van der Waals surface area contributed by atoms with Gasteiger partial charge >= 0.3 is 5.97 Å². The number of para-hydroxylation sites is 1. The summed E-state index contributed by atoms with van der Waals surface area (Å²) >= 11 is 5.74. The van der Waals surface area contributed by atoms with Crippen molar-refractivity contribution >= 4 is 29.2 Å². The highest BCUT2D eigenvalue weighted by atomic mass is 35.5. The van der Waals surface area contributed by atoms with Gasteiger partial charge in [-0.25, -0.2) is 4.79 Å². The smallest absolute Gasteiger partial charge is 0.338 e. The van der Waals surface area contributed by atoms with E-state index in [4.69, 9.17) is 21.6 Å². The molecule has 0 saturated carbocycles. The van der Waals surface area contributed by atoms with E-state index in [0.717, 1.165) is 0 Å². The first-order valence-electron chi connectivity index (χ1n) is 6.77. The van der Waals surface area contributed by atoms with Crippen LogP contribution in [0.3, 0.4) is 0 Å². The third-order valence-electron chi connectivity index (χ3n) is 3.00. The van der Waals surface area contributed by atoms with Gasteiger partial charge in [-0.05, 0) is 36.4 Å². The summed E-state index contributed by atoms with van der Waals surface area (Å²) in [6.45, 7) is -0.570. The Hall–Kier alpha value is -2.84. The van der Waals surface area contributed by atoms with Gasteiger partial charge in [0.25, 0.3) is 5.91 Å². The number of esters is 1. The van der Waals surface area contributed by atoms with Gasteiger partial charge in [0.15, 0.2) is 6.61 Å². The third-order valence-corrected chi connectivity index (χ3v) is 3.26. The molecule has 0 atom stereocenters. The third kappa shape index (κ3) is 4.56. The van der Waals surface area contributed by atoms with Crippen LogP contribution in [0.25, 0.3) is 0 Å². The van der Waals surface area contributed by atoms with E-state index in [0.29, 0.717) is 16.3 Å². The topological polar surface area (TPSA) is 70.4 Å². The van der Waals surface area contributed by atoms with Crippen molar-refractivity contribution in [1.82, 2.24) is 0 Å². The standard InChI is InChI=1S/C17H13ClN2O3/c18-14-8-6-13(7-9-14)17(22)23-12-16(21)20(11-10-19)15-4-2-1-3-5-15/h1-9H,11-12H2. The Morgan fingerprint density at radius 2 is 1.74 bits per heavy atom. The maximum absolute atomic E-state index is 12.2. The second-order valence-corrected chi connectivity index (χ2v) is 4.99. The van der Waals surface area contributed by atoms with Crippen molar-refractivity contribution < 1.29 is 14.3 Å². The first-order valence-corrected chi connectivity index (χ1v) is 7.14. The zero-order chi connectivity index (χ0) is 16.7. The average molecular weight is 329 g/mol. The van der Waals surface area contributed by atoms with Crippen molar-refractivity contribution in [3.05, 3.63) is 65.2 Å². The molecule has 0 fully saturated rings. The van der Waals surface area contributed by atoms with E-state index in [1.54, 1.807) is 42.5 Å². The van der Waals surface area contributed by atoms with Crippen LogP contribution >= 0.6 is 11.6 Å². The Kier molecular flexibility index (Phi) is 5.73. The lowest BCUT2D eigenvalue weighted by molar-refractivity contribution is -0.121. The summed E-state index contributed by atoms with van der Waals surface area (Å²) < 4.78 is 5.00. The summed E-state index contributed by atoms with van der Waals surface area (Å²) in [5, 5.41) is 9.37. The molecule has 6 heteroatoms. The molecule has 0 N–H and O–H groups in total. The molecule has 0 aliphatic carbocycles. The predicted octanol–water partition coefficient (Wildman–Crippen LogP) is 3.05. The number of ether oxygens (including phenoxy) is 1. The molecule has 0 spiro atoms. The number of hydrogen-bond acceptors (Lipinski definition) is 4. The number of benzene rings is 2. The van der Waals surface area contributed by atoms with Crippen LogP contribution in [-0.4, -0.2) is 25.0 Å². The summed E-state index contributed by atoms with van der Waals surface area (Å²) in [7, 11) is 0. The minimum atomic E-state index is -0.625.